The summed E-state index contributed by atoms with van der Waals surface area (Å²) in [5, 5.41) is 13.1. The van der Waals surface area contributed by atoms with Crippen molar-refractivity contribution in [1.82, 2.24) is 5.32 Å². The predicted molar refractivity (Wildman–Crippen MR) is 67.1 cm³/mol. The van der Waals surface area contributed by atoms with Crippen LogP contribution in [0.3, 0.4) is 0 Å². The van der Waals surface area contributed by atoms with Crippen LogP contribution in [0, 0.1) is 0 Å². The van der Waals surface area contributed by atoms with Crippen molar-refractivity contribution >= 4 is 11.6 Å². The maximum atomic E-state index is 9.39. The molecule has 0 aliphatic rings. The van der Waals surface area contributed by atoms with E-state index in [0.717, 1.165) is 11.3 Å². The smallest absolute Gasteiger partial charge is 0.193 e. The zero-order valence-electron chi connectivity index (χ0n) is 9.48. The van der Waals surface area contributed by atoms with Crippen molar-refractivity contribution in [2.45, 2.75) is 19.5 Å². The predicted octanol–water partition coefficient (Wildman–Crippen LogP) is 3.49. The molecule has 17 heavy (non-hydrogen) atoms. The minimum Gasteiger partial charge on any atom is -0.508 e. The molecule has 0 saturated heterocycles. The number of rotatable bonds is 4. The lowest BCUT2D eigenvalue weighted by Crippen LogP contribution is -2.17. The van der Waals surface area contributed by atoms with Gasteiger partial charge < -0.3 is 14.8 Å². The molecular weight excluding hydrogens is 238 g/mol. The lowest BCUT2D eigenvalue weighted by molar-refractivity contribution is 0.457. The summed E-state index contributed by atoms with van der Waals surface area (Å²) in [4.78, 5) is 0. The number of furan rings is 1. The van der Waals surface area contributed by atoms with Crippen LogP contribution >= 0.6 is 11.6 Å². The van der Waals surface area contributed by atoms with Gasteiger partial charge in [-0.15, -0.1) is 0 Å². The Bertz CT molecular complexity index is 496. The molecule has 1 unspecified atom stereocenters. The molecule has 2 rings (SSSR count). The topological polar surface area (TPSA) is 45.4 Å². The molecule has 0 fully saturated rings. The Hall–Kier alpha value is -1.45. The summed E-state index contributed by atoms with van der Waals surface area (Å²) >= 11 is 5.69. The van der Waals surface area contributed by atoms with E-state index in [-0.39, 0.29) is 11.8 Å². The molecule has 1 atom stereocenters. The third kappa shape index (κ3) is 3.25. The number of hydrogen-bond donors (Lipinski definition) is 2. The van der Waals surface area contributed by atoms with Crippen molar-refractivity contribution in [3.05, 3.63) is 52.9 Å². The summed E-state index contributed by atoms with van der Waals surface area (Å²) in [6, 6.07) is 10.9. The van der Waals surface area contributed by atoms with Crippen LogP contribution in [0.25, 0.3) is 0 Å². The number of halogens is 1. The van der Waals surface area contributed by atoms with Crippen molar-refractivity contribution in [3.63, 3.8) is 0 Å². The molecule has 0 spiro atoms. The molecule has 0 saturated carbocycles. The largest absolute Gasteiger partial charge is 0.508 e. The molecule has 0 amide bonds. The third-order valence-electron chi connectivity index (χ3n) is 2.58. The van der Waals surface area contributed by atoms with Gasteiger partial charge in [-0.25, -0.2) is 0 Å². The highest BCUT2D eigenvalue weighted by atomic mass is 35.5. The van der Waals surface area contributed by atoms with Crippen LogP contribution in [0.4, 0.5) is 0 Å². The fourth-order valence-corrected chi connectivity index (χ4v) is 1.77. The fraction of sp³-hybridized carbons (Fsp3) is 0.231. The Morgan fingerprint density at radius 2 is 2.18 bits per heavy atom. The fourth-order valence-electron chi connectivity index (χ4n) is 1.61. The number of aromatic hydroxyl groups is 1. The molecule has 1 heterocycles. The standard InChI is InChI=1S/C13H14ClNO2/c1-9(10-3-2-4-11(16)7-10)15-8-12-5-6-13(14)17-12/h2-7,9,15-16H,8H2,1H3. The Balaban J connectivity index is 1.95. The lowest BCUT2D eigenvalue weighted by Gasteiger charge is -2.13. The first kappa shape index (κ1) is 12.0. The highest BCUT2D eigenvalue weighted by molar-refractivity contribution is 6.28. The van der Waals surface area contributed by atoms with Gasteiger partial charge in [-0.1, -0.05) is 12.1 Å². The van der Waals surface area contributed by atoms with Gasteiger partial charge in [0.05, 0.1) is 6.54 Å². The van der Waals surface area contributed by atoms with Gasteiger partial charge in [-0.2, -0.15) is 0 Å². The minimum absolute atomic E-state index is 0.131. The highest BCUT2D eigenvalue weighted by Gasteiger charge is 2.07. The Morgan fingerprint density at radius 3 is 2.82 bits per heavy atom. The summed E-state index contributed by atoms with van der Waals surface area (Å²) < 4.78 is 5.25. The summed E-state index contributed by atoms with van der Waals surface area (Å²) in [7, 11) is 0. The molecule has 2 N–H and O–H groups in total. The van der Waals surface area contributed by atoms with Crippen LogP contribution in [0.2, 0.25) is 5.22 Å². The van der Waals surface area contributed by atoms with Crippen molar-refractivity contribution < 1.29 is 9.52 Å². The molecule has 4 heteroatoms. The van der Waals surface area contributed by atoms with Crippen LogP contribution in [-0.4, -0.2) is 5.11 Å². The summed E-state index contributed by atoms with van der Waals surface area (Å²) in [5.74, 6) is 1.07. The number of benzene rings is 1. The van der Waals surface area contributed by atoms with Crippen LogP contribution in [-0.2, 0) is 6.54 Å². The number of hydrogen-bond acceptors (Lipinski definition) is 3. The molecule has 90 valence electrons. The van der Waals surface area contributed by atoms with E-state index in [1.807, 2.05) is 25.1 Å². The van der Waals surface area contributed by atoms with E-state index in [4.69, 9.17) is 16.0 Å². The molecular formula is C13H14ClNO2. The van der Waals surface area contributed by atoms with Crippen molar-refractivity contribution in [3.8, 4) is 5.75 Å². The van der Waals surface area contributed by atoms with Crippen molar-refractivity contribution in [2.24, 2.45) is 0 Å². The first-order valence-corrected chi connectivity index (χ1v) is 5.79. The van der Waals surface area contributed by atoms with Gasteiger partial charge in [0.25, 0.3) is 0 Å². The van der Waals surface area contributed by atoms with E-state index in [1.165, 1.54) is 0 Å². The number of phenolic OH excluding ortho intramolecular Hbond substituents is 1. The first-order valence-electron chi connectivity index (χ1n) is 5.41. The molecule has 3 nitrogen and oxygen atoms in total. The number of phenols is 1. The van der Waals surface area contributed by atoms with Gasteiger partial charge in [0, 0.05) is 6.04 Å². The second kappa shape index (κ2) is 5.25. The monoisotopic (exact) mass is 251 g/mol. The van der Waals surface area contributed by atoms with Crippen LogP contribution in [0.15, 0.2) is 40.8 Å². The van der Waals surface area contributed by atoms with Gasteiger partial charge in [0.2, 0.25) is 0 Å². The Kier molecular flexibility index (Phi) is 3.71. The van der Waals surface area contributed by atoms with Gasteiger partial charge in [0.15, 0.2) is 5.22 Å². The molecule has 1 aromatic carbocycles. The highest BCUT2D eigenvalue weighted by Crippen LogP contribution is 2.19. The van der Waals surface area contributed by atoms with Crippen LogP contribution < -0.4 is 5.32 Å². The van der Waals surface area contributed by atoms with Crippen LogP contribution in [0.5, 0.6) is 5.75 Å². The van der Waals surface area contributed by atoms with Gasteiger partial charge in [-0.3, -0.25) is 0 Å². The third-order valence-corrected chi connectivity index (χ3v) is 2.78. The zero-order chi connectivity index (χ0) is 12.3. The molecule has 0 bridgehead atoms. The summed E-state index contributed by atoms with van der Waals surface area (Å²) in [6.45, 7) is 2.63. The summed E-state index contributed by atoms with van der Waals surface area (Å²) in [5.41, 5.74) is 1.03. The number of nitrogens with one attached hydrogen (secondary N) is 1. The average Bonchev–Trinajstić information content (AvgIpc) is 2.72. The van der Waals surface area contributed by atoms with Crippen molar-refractivity contribution in [1.29, 1.82) is 0 Å². The van der Waals surface area contributed by atoms with Crippen LogP contribution in [0.1, 0.15) is 24.3 Å². The van der Waals surface area contributed by atoms with E-state index in [9.17, 15) is 5.11 Å². The normalized spacial score (nSPS) is 12.6. The lowest BCUT2D eigenvalue weighted by atomic mass is 10.1. The molecule has 0 aliphatic carbocycles. The Labute approximate surface area is 105 Å². The SMILES string of the molecule is CC(NCc1ccc(Cl)o1)c1cccc(O)c1. The van der Waals surface area contributed by atoms with E-state index in [1.54, 1.807) is 18.2 Å². The second-order valence-electron chi connectivity index (χ2n) is 3.90. The van der Waals surface area contributed by atoms with E-state index in [0.29, 0.717) is 11.8 Å². The maximum Gasteiger partial charge on any atom is 0.193 e. The van der Waals surface area contributed by atoms with Gasteiger partial charge >= 0.3 is 0 Å². The second-order valence-corrected chi connectivity index (χ2v) is 4.28. The molecule has 0 aliphatic heterocycles. The quantitative estimate of drug-likeness (QED) is 0.874. The van der Waals surface area contributed by atoms with Gasteiger partial charge in [0.1, 0.15) is 11.5 Å². The van der Waals surface area contributed by atoms with E-state index < -0.39 is 0 Å². The molecule has 2 aromatic rings. The summed E-state index contributed by atoms with van der Waals surface area (Å²) in [6.07, 6.45) is 0. The van der Waals surface area contributed by atoms with Crippen molar-refractivity contribution in [2.75, 3.05) is 0 Å². The minimum atomic E-state index is 0.131. The Morgan fingerprint density at radius 1 is 1.35 bits per heavy atom. The van der Waals surface area contributed by atoms with Gasteiger partial charge in [-0.05, 0) is 48.4 Å². The average molecular weight is 252 g/mol. The molecule has 1 aromatic heterocycles. The molecule has 0 radical (unpaired) electrons. The van der Waals surface area contributed by atoms with E-state index in [2.05, 4.69) is 5.32 Å². The first-order chi connectivity index (χ1) is 8.15. The maximum absolute atomic E-state index is 9.39. The zero-order valence-corrected chi connectivity index (χ0v) is 10.2. The van der Waals surface area contributed by atoms with E-state index >= 15 is 0 Å².